The van der Waals surface area contributed by atoms with Crippen LogP contribution in [0.1, 0.15) is 46.6 Å². The van der Waals surface area contributed by atoms with Gasteiger partial charge < -0.3 is 15.5 Å². The van der Waals surface area contributed by atoms with Gasteiger partial charge in [-0.2, -0.15) is 12.6 Å². The Hall–Kier alpha value is -2.02. The van der Waals surface area contributed by atoms with Crippen LogP contribution in [-0.2, 0) is 20.8 Å². The Labute approximate surface area is 191 Å². The predicted octanol–water partition coefficient (Wildman–Crippen LogP) is 2.68. The van der Waals surface area contributed by atoms with Crippen LogP contribution in [0.3, 0.4) is 0 Å². The van der Waals surface area contributed by atoms with Crippen molar-refractivity contribution in [3.8, 4) is 0 Å². The molecule has 1 heterocycles. The maximum absolute atomic E-state index is 13.5. The second-order valence-electron chi connectivity index (χ2n) is 9.83. The number of carbonyl (C=O) groups excluding carboxylic acids is 3. The molecule has 2 rings (SSSR count). The van der Waals surface area contributed by atoms with Gasteiger partial charge in [-0.3, -0.25) is 14.4 Å². The molecule has 1 aromatic rings. The number of rotatable bonds is 7. The highest BCUT2D eigenvalue weighted by molar-refractivity contribution is 7.81. The first-order chi connectivity index (χ1) is 14.5. The van der Waals surface area contributed by atoms with Gasteiger partial charge in [0.1, 0.15) is 12.1 Å². The van der Waals surface area contributed by atoms with Gasteiger partial charge in [0.2, 0.25) is 17.7 Å². The fraction of sp³-hybridized carbons (Fsp3) is 0.625. The summed E-state index contributed by atoms with van der Waals surface area (Å²) < 4.78 is 0. The third-order valence-corrected chi connectivity index (χ3v) is 6.78. The van der Waals surface area contributed by atoms with Crippen molar-refractivity contribution in [1.29, 1.82) is 0 Å². The first-order valence-corrected chi connectivity index (χ1v) is 11.5. The molecule has 0 bridgehead atoms. The van der Waals surface area contributed by atoms with E-state index in [0.29, 0.717) is 13.0 Å². The quantitative estimate of drug-likeness (QED) is 0.563. The number of amides is 3. The zero-order chi connectivity index (χ0) is 23.3. The largest absolute Gasteiger partial charge is 0.357 e. The molecule has 0 spiro atoms. The van der Waals surface area contributed by atoms with E-state index in [9.17, 15) is 14.4 Å². The number of nitrogens with zero attached hydrogens (tertiary/aromatic N) is 1. The van der Waals surface area contributed by atoms with Crippen LogP contribution in [0, 0.1) is 17.3 Å². The lowest BCUT2D eigenvalue weighted by molar-refractivity contribution is -0.141. The van der Waals surface area contributed by atoms with E-state index in [1.54, 1.807) is 11.9 Å². The summed E-state index contributed by atoms with van der Waals surface area (Å²) in [6, 6.07) is 8.67. The number of likely N-dealkylation sites (tertiary alicyclic amines) is 1. The predicted molar refractivity (Wildman–Crippen MR) is 127 cm³/mol. The van der Waals surface area contributed by atoms with E-state index in [4.69, 9.17) is 0 Å². The van der Waals surface area contributed by atoms with E-state index in [1.165, 1.54) is 0 Å². The summed E-state index contributed by atoms with van der Waals surface area (Å²) in [4.78, 5) is 40.8. The Morgan fingerprint density at radius 1 is 1.16 bits per heavy atom. The molecule has 1 aliphatic rings. The van der Waals surface area contributed by atoms with Crippen molar-refractivity contribution < 1.29 is 14.4 Å². The molecule has 7 heteroatoms. The van der Waals surface area contributed by atoms with E-state index < -0.39 is 22.7 Å². The van der Waals surface area contributed by atoms with Gasteiger partial charge in [0, 0.05) is 13.6 Å². The Bertz CT molecular complexity index is 776. The third kappa shape index (κ3) is 6.25. The molecule has 1 fully saturated rings. The van der Waals surface area contributed by atoms with Gasteiger partial charge in [-0.25, -0.2) is 0 Å². The van der Waals surface area contributed by atoms with Gasteiger partial charge in [0.05, 0.1) is 5.25 Å². The summed E-state index contributed by atoms with van der Waals surface area (Å²) in [5, 5.41) is 5.12. The fourth-order valence-electron chi connectivity index (χ4n) is 4.09. The summed E-state index contributed by atoms with van der Waals surface area (Å²) >= 11 is 4.51. The molecule has 4 atom stereocenters. The molecule has 6 nitrogen and oxygen atoms in total. The number of nitrogens with one attached hydrogen (secondary N) is 2. The minimum absolute atomic E-state index is 0.0237. The summed E-state index contributed by atoms with van der Waals surface area (Å²) in [5.74, 6) is -0.614. The highest BCUT2D eigenvalue weighted by Crippen LogP contribution is 2.31. The van der Waals surface area contributed by atoms with Crippen LogP contribution in [0.25, 0.3) is 0 Å². The number of hydrogen-bond acceptors (Lipinski definition) is 4. The molecule has 3 amide bonds. The van der Waals surface area contributed by atoms with Gasteiger partial charge in [-0.1, -0.05) is 65.0 Å². The number of hydrogen-bond donors (Lipinski definition) is 3. The van der Waals surface area contributed by atoms with Crippen molar-refractivity contribution in [2.24, 2.45) is 17.3 Å². The molecule has 1 saturated heterocycles. The molecule has 1 aromatic carbocycles. The van der Waals surface area contributed by atoms with E-state index in [1.807, 2.05) is 65.0 Å². The molecule has 0 aliphatic carbocycles. The van der Waals surface area contributed by atoms with Crippen molar-refractivity contribution in [2.45, 2.75) is 64.8 Å². The van der Waals surface area contributed by atoms with Crippen LogP contribution < -0.4 is 10.6 Å². The van der Waals surface area contributed by atoms with Crippen molar-refractivity contribution in [3.05, 3.63) is 35.9 Å². The van der Waals surface area contributed by atoms with Gasteiger partial charge in [0.25, 0.3) is 0 Å². The lowest BCUT2D eigenvalue weighted by Crippen LogP contribution is -2.59. The van der Waals surface area contributed by atoms with Crippen LogP contribution in [0.5, 0.6) is 0 Å². The number of likely N-dealkylation sites (N-methyl/N-ethyl adjacent to an activating group) is 1. The normalized spacial score (nSPS) is 21.0. The van der Waals surface area contributed by atoms with Crippen molar-refractivity contribution in [2.75, 3.05) is 13.6 Å². The van der Waals surface area contributed by atoms with Crippen molar-refractivity contribution >= 4 is 30.4 Å². The first-order valence-electron chi connectivity index (χ1n) is 11.0. The Kier molecular flexibility index (Phi) is 8.57. The minimum Gasteiger partial charge on any atom is -0.357 e. The SMILES string of the molecule is CNC(=O)[C@@H](NC(=O)[C@@H]1[C@H](Cc2ccccc2)CCN1C(=O)[C@@H](S)C(C)C)C(C)(C)C. The smallest absolute Gasteiger partial charge is 0.243 e. The number of thiol groups is 1. The highest BCUT2D eigenvalue weighted by atomic mass is 32.1. The summed E-state index contributed by atoms with van der Waals surface area (Å²) in [7, 11) is 1.56. The topological polar surface area (TPSA) is 78.5 Å². The zero-order valence-electron chi connectivity index (χ0n) is 19.5. The molecule has 1 aliphatic heterocycles. The summed E-state index contributed by atoms with van der Waals surface area (Å²) in [6.45, 7) is 10.1. The first kappa shape index (κ1) is 25.2. The minimum atomic E-state index is -0.697. The second-order valence-corrected chi connectivity index (χ2v) is 10.4. The third-order valence-electron chi connectivity index (χ3n) is 5.96. The zero-order valence-corrected chi connectivity index (χ0v) is 20.4. The van der Waals surface area contributed by atoms with Crippen LogP contribution in [0.4, 0.5) is 0 Å². The lowest BCUT2D eigenvalue weighted by atomic mass is 9.85. The van der Waals surface area contributed by atoms with Gasteiger partial charge >= 0.3 is 0 Å². The van der Waals surface area contributed by atoms with Crippen molar-refractivity contribution in [3.63, 3.8) is 0 Å². The average molecular weight is 448 g/mol. The maximum Gasteiger partial charge on any atom is 0.243 e. The molecular formula is C24H37N3O3S. The molecule has 0 radical (unpaired) electrons. The number of carbonyl (C=O) groups is 3. The molecule has 31 heavy (non-hydrogen) atoms. The molecule has 2 N–H and O–H groups in total. The Morgan fingerprint density at radius 3 is 2.29 bits per heavy atom. The van der Waals surface area contributed by atoms with E-state index >= 15 is 0 Å². The van der Waals surface area contributed by atoms with Crippen molar-refractivity contribution in [1.82, 2.24) is 15.5 Å². The molecular weight excluding hydrogens is 410 g/mol. The average Bonchev–Trinajstić information content (AvgIpc) is 3.13. The Balaban J connectivity index is 2.33. The maximum atomic E-state index is 13.5. The van der Waals surface area contributed by atoms with Crippen LogP contribution in [0.15, 0.2) is 30.3 Å². The molecule has 0 unspecified atom stereocenters. The monoisotopic (exact) mass is 447 g/mol. The van der Waals surface area contributed by atoms with Gasteiger partial charge in [-0.05, 0) is 35.7 Å². The summed E-state index contributed by atoms with van der Waals surface area (Å²) in [6.07, 6.45) is 1.43. The van der Waals surface area contributed by atoms with Crippen LogP contribution in [-0.4, -0.2) is 53.5 Å². The number of benzene rings is 1. The second kappa shape index (κ2) is 10.5. The van der Waals surface area contributed by atoms with E-state index in [0.717, 1.165) is 12.0 Å². The molecule has 0 aromatic heterocycles. The van der Waals surface area contributed by atoms with Crippen LogP contribution >= 0.6 is 12.6 Å². The van der Waals surface area contributed by atoms with E-state index in [-0.39, 0.29) is 29.6 Å². The van der Waals surface area contributed by atoms with Crippen LogP contribution in [0.2, 0.25) is 0 Å². The standard InChI is InChI=1S/C24H37N3O3S/c1-15(2)19(31)23(30)27-13-12-17(14-16-10-8-7-9-11-16)18(27)21(28)26-20(22(29)25-6)24(3,4)5/h7-11,15,17-20,31H,12-14H2,1-6H3,(H,25,29)(H,26,28)/t17-,18-,19-,20+/m0/s1. The highest BCUT2D eigenvalue weighted by Gasteiger charge is 2.45. The summed E-state index contributed by atoms with van der Waals surface area (Å²) in [5.41, 5.74) is 0.659. The fourth-order valence-corrected chi connectivity index (χ4v) is 4.24. The van der Waals surface area contributed by atoms with Gasteiger partial charge in [-0.15, -0.1) is 0 Å². The van der Waals surface area contributed by atoms with E-state index in [2.05, 4.69) is 23.3 Å². The lowest BCUT2D eigenvalue weighted by Gasteiger charge is -2.34. The Morgan fingerprint density at radius 2 is 1.77 bits per heavy atom. The molecule has 0 saturated carbocycles. The van der Waals surface area contributed by atoms with Gasteiger partial charge in [0.15, 0.2) is 0 Å². The molecule has 172 valence electrons.